The molecular weight excluding hydrogens is 456 g/mol. The maximum absolute atomic E-state index is 11.0. The van der Waals surface area contributed by atoms with Crippen LogP contribution in [-0.2, 0) is 19.1 Å². The van der Waals surface area contributed by atoms with Crippen LogP contribution < -0.4 is 9.47 Å². The van der Waals surface area contributed by atoms with E-state index in [0.717, 1.165) is 34.4 Å². The molecule has 0 atom stereocenters. The van der Waals surface area contributed by atoms with Gasteiger partial charge in [-0.3, -0.25) is 0 Å². The standard InChI is InChI=1S/C30H26O6/c1-3-29(31)35-21-5-19-33-27-15-11-25(12-16-27)23-7-9-24(10-8-23)26-13-17-28(18-14-26)34-20-6-22-36-30(32)4-2/h3-18,21-22H,1-2,19-20H2. The van der Waals surface area contributed by atoms with Gasteiger partial charge in [-0.05, 0) is 58.7 Å². The maximum atomic E-state index is 11.0. The first kappa shape index (κ1) is 25.8. The van der Waals surface area contributed by atoms with Gasteiger partial charge in [-0.1, -0.05) is 61.7 Å². The minimum absolute atomic E-state index is 0.282. The van der Waals surface area contributed by atoms with Crippen molar-refractivity contribution in [3.8, 4) is 33.8 Å². The molecule has 6 heteroatoms. The molecule has 182 valence electrons. The molecule has 0 unspecified atom stereocenters. The molecule has 0 saturated carbocycles. The van der Waals surface area contributed by atoms with Crippen molar-refractivity contribution in [3.63, 3.8) is 0 Å². The van der Waals surface area contributed by atoms with Crippen LogP contribution in [0.15, 0.2) is 123 Å². The van der Waals surface area contributed by atoms with Crippen molar-refractivity contribution in [2.45, 2.75) is 0 Å². The summed E-state index contributed by atoms with van der Waals surface area (Å²) in [4.78, 5) is 21.9. The first-order valence-electron chi connectivity index (χ1n) is 11.1. The first-order chi connectivity index (χ1) is 17.6. The Bertz CT molecular complexity index is 1120. The molecule has 0 aromatic heterocycles. The van der Waals surface area contributed by atoms with Crippen LogP contribution in [0.25, 0.3) is 22.3 Å². The molecule has 0 spiro atoms. The number of ether oxygens (including phenoxy) is 4. The van der Waals surface area contributed by atoms with Crippen molar-refractivity contribution < 1.29 is 28.5 Å². The monoisotopic (exact) mass is 482 g/mol. The zero-order valence-corrected chi connectivity index (χ0v) is 19.7. The van der Waals surface area contributed by atoms with Gasteiger partial charge in [0.2, 0.25) is 0 Å². The van der Waals surface area contributed by atoms with Gasteiger partial charge in [0, 0.05) is 12.2 Å². The number of rotatable bonds is 12. The Balaban J connectivity index is 1.51. The Morgan fingerprint density at radius 1 is 0.556 bits per heavy atom. The normalized spacial score (nSPS) is 10.7. The molecule has 6 nitrogen and oxygen atoms in total. The lowest BCUT2D eigenvalue weighted by molar-refractivity contribution is -0.133. The summed E-state index contributed by atoms with van der Waals surface area (Å²) in [5, 5.41) is 0. The zero-order chi connectivity index (χ0) is 25.6. The van der Waals surface area contributed by atoms with E-state index in [1.54, 1.807) is 12.2 Å². The smallest absolute Gasteiger partial charge is 0.334 e. The number of benzene rings is 3. The minimum atomic E-state index is -0.511. The van der Waals surface area contributed by atoms with E-state index in [0.29, 0.717) is 11.5 Å². The Labute approximate surface area is 210 Å². The van der Waals surface area contributed by atoms with Crippen molar-refractivity contribution in [1.29, 1.82) is 0 Å². The van der Waals surface area contributed by atoms with E-state index in [-0.39, 0.29) is 13.2 Å². The zero-order valence-electron chi connectivity index (χ0n) is 19.7. The Morgan fingerprint density at radius 2 is 0.861 bits per heavy atom. The molecule has 36 heavy (non-hydrogen) atoms. The van der Waals surface area contributed by atoms with E-state index in [1.165, 1.54) is 12.5 Å². The third-order valence-corrected chi connectivity index (χ3v) is 4.85. The summed E-state index contributed by atoms with van der Waals surface area (Å²) in [5.74, 6) is 0.404. The van der Waals surface area contributed by atoms with Crippen LogP contribution in [0.1, 0.15) is 0 Å². The molecule has 0 saturated heterocycles. The maximum Gasteiger partial charge on any atom is 0.334 e. The van der Waals surface area contributed by atoms with Gasteiger partial charge in [0.15, 0.2) is 0 Å². The third-order valence-electron chi connectivity index (χ3n) is 4.85. The number of carbonyl (C=O) groups excluding carboxylic acids is 2. The topological polar surface area (TPSA) is 71.1 Å². The molecule has 3 aromatic rings. The van der Waals surface area contributed by atoms with Crippen LogP contribution in [-0.4, -0.2) is 25.2 Å². The number of hydrogen-bond acceptors (Lipinski definition) is 6. The lowest BCUT2D eigenvalue weighted by atomic mass is 10.0. The summed E-state index contributed by atoms with van der Waals surface area (Å²) in [6.07, 6.45) is 7.96. The highest BCUT2D eigenvalue weighted by atomic mass is 16.5. The van der Waals surface area contributed by atoms with Gasteiger partial charge < -0.3 is 18.9 Å². The van der Waals surface area contributed by atoms with E-state index in [1.807, 2.05) is 48.5 Å². The second-order valence-electron chi connectivity index (χ2n) is 7.27. The van der Waals surface area contributed by atoms with Crippen molar-refractivity contribution in [2.75, 3.05) is 13.2 Å². The van der Waals surface area contributed by atoms with Gasteiger partial charge in [-0.15, -0.1) is 0 Å². The highest BCUT2D eigenvalue weighted by Crippen LogP contribution is 2.27. The fourth-order valence-electron chi connectivity index (χ4n) is 3.04. The van der Waals surface area contributed by atoms with E-state index >= 15 is 0 Å². The molecule has 0 aliphatic carbocycles. The van der Waals surface area contributed by atoms with Crippen LogP contribution in [0.2, 0.25) is 0 Å². The Kier molecular flexibility index (Phi) is 9.86. The van der Waals surface area contributed by atoms with E-state index in [9.17, 15) is 9.59 Å². The van der Waals surface area contributed by atoms with Crippen LogP contribution in [0, 0.1) is 0 Å². The van der Waals surface area contributed by atoms with E-state index < -0.39 is 11.9 Å². The molecule has 0 aliphatic heterocycles. The van der Waals surface area contributed by atoms with E-state index in [4.69, 9.17) is 18.9 Å². The van der Waals surface area contributed by atoms with E-state index in [2.05, 4.69) is 37.4 Å². The number of carbonyl (C=O) groups is 2. The molecule has 0 N–H and O–H groups in total. The fourth-order valence-corrected chi connectivity index (χ4v) is 3.04. The quantitative estimate of drug-likeness (QED) is 0.172. The summed E-state index contributed by atoms with van der Waals surface area (Å²) >= 11 is 0. The lowest BCUT2D eigenvalue weighted by Gasteiger charge is -2.08. The molecule has 3 aromatic carbocycles. The highest BCUT2D eigenvalue weighted by Gasteiger charge is 2.02. The molecule has 0 fully saturated rings. The third kappa shape index (κ3) is 8.18. The van der Waals surface area contributed by atoms with Crippen LogP contribution in [0.5, 0.6) is 11.5 Å². The SMILES string of the molecule is C=CC(=O)OC=CCOc1ccc(-c2ccc(-c3ccc(OCC=COC(=O)C=C)cc3)cc2)cc1. The summed E-state index contributed by atoms with van der Waals surface area (Å²) in [6, 6.07) is 23.8. The van der Waals surface area contributed by atoms with Crippen molar-refractivity contribution in [3.05, 3.63) is 123 Å². The second-order valence-corrected chi connectivity index (χ2v) is 7.27. The summed E-state index contributed by atoms with van der Waals surface area (Å²) in [5.41, 5.74) is 4.32. The van der Waals surface area contributed by atoms with Crippen molar-refractivity contribution in [2.24, 2.45) is 0 Å². The molecule has 0 radical (unpaired) electrons. The van der Waals surface area contributed by atoms with Crippen molar-refractivity contribution in [1.82, 2.24) is 0 Å². The number of esters is 2. The van der Waals surface area contributed by atoms with Gasteiger partial charge in [-0.2, -0.15) is 0 Å². The molecule has 0 amide bonds. The average molecular weight is 483 g/mol. The predicted molar refractivity (Wildman–Crippen MR) is 139 cm³/mol. The van der Waals surface area contributed by atoms with Crippen LogP contribution in [0.4, 0.5) is 0 Å². The molecule has 0 bridgehead atoms. The summed E-state index contributed by atoms with van der Waals surface area (Å²) < 4.78 is 20.7. The van der Waals surface area contributed by atoms with Gasteiger partial charge in [0.25, 0.3) is 0 Å². The summed E-state index contributed by atoms with van der Waals surface area (Å²) in [7, 11) is 0. The van der Waals surface area contributed by atoms with Gasteiger partial charge in [0.1, 0.15) is 24.7 Å². The Hall–Kier alpha value is -4.84. The molecular formula is C30H26O6. The lowest BCUT2D eigenvalue weighted by Crippen LogP contribution is -1.96. The fraction of sp³-hybridized carbons (Fsp3) is 0.0667. The van der Waals surface area contributed by atoms with Crippen LogP contribution in [0.3, 0.4) is 0 Å². The molecule has 3 rings (SSSR count). The molecule has 0 heterocycles. The van der Waals surface area contributed by atoms with Crippen LogP contribution >= 0.6 is 0 Å². The molecule has 0 aliphatic rings. The van der Waals surface area contributed by atoms with Gasteiger partial charge >= 0.3 is 11.9 Å². The minimum Gasteiger partial charge on any atom is -0.489 e. The summed E-state index contributed by atoms with van der Waals surface area (Å²) in [6.45, 7) is 7.21. The van der Waals surface area contributed by atoms with Crippen molar-refractivity contribution >= 4 is 11.9 Å². The second kappa shape index (κ2) is 13.8. The Morgan fingerprint density at radius 3 is 1.17 bits per heavy atom. The van der Waals surface area contributed by atoms with Gasteiger partial charge in [-0.25, -0.2) is 9.59 Å². The first-order valence-corrected chi connectivity index (χ1v) is 11.1. The van der Waals surface area contributed by atoms with Gasteiger partial charge in [0.05, 0.1) is 12.5 Å². The predicted octanol–water partition coefficient (Wildman–Crippen LogP) is 6.26. The number of hydrogen-bond donors (Lipinski definition) is 0. The largest absolute Gasteiger partial charge is 0.489 e. The highest BCUT2D eigenvalue weighted by molar-refractivity contribution is 5.82. The average Bonchev–Trinajstić information content (AvgIpc) is 2.93.